The molecule has 174 valence electrons. The molecule has 3 nitrogen and oxygen atoms in total. The van der Waals surface area contributed by atoms with E-state index in [9.17, 15) is 0 Å². The summed E-state index contributed by atoms with van der Waals surface area (Å²) in [5.41, 5.74) is 15.0. The number of nitrogens with two attached hydrogens (primary N) is 1. The molecular formula is C32H23ClN2O. The number of anilines is 1. The van der Waals surface area contributed by atoms with E-state index in [1.807, 2.05) is 72.8 Å². The second-order valence-electron chi connectivity index (χ2n) is 8.48. The standard InChI is InChI=1S/C32H23ClN2O/c33-29-18-30(28-16-14-27(15-17-28)26-10-6-22(20-34)7-11-26)32(35)31(19-29)36-21-23-8-12-25(13-9-23)24-4-2-1-3-5-24/h1-19H,21,35H2. The lowest BCUT2D eigenvalue weighted by Crippen LogP contribution is -2.00. The lowest BCUT2D eigenvalue weighted by Gasteiger charge is -2.14. The topological polar surface area (TPSA) is 59.0 Å². The molecule has 0 aliphatic rings. The minimum Gasteiger partial charge on any atom is -0.487 e. The van der Waals surface area contributed by atoms with E-state index in [1.165, 1.54) is 5.56 Å². The van der Waals surface area contributed by atoms with Crippen molar-refractivity contribution in [1.82, 2.24) is 0 Å². The second kappa shape index (κ2) is 10.4. The smallest absolute Gasteiger partial charge is 0.144 e. The maximum Gasteiger partial charge on any atom is 0.144 e. The minimum absolute atomic E-state index is 0.386. The van der Waals surface area contributed by atoms with Crippen molar-refractivity contribution < 1.29 is 4.74 Å². The SMILES string of the molecule is N#Cc1ccc(-c2ccc(-c3cc(Cl)cc(OCc4ccc(-c5ccccc5)cc4)c3N)cc2)cc1. The van der Waals surface area contributed by atoms with E-state index in [0.29, 0.717) is 28.6 Å². The van der Waals surface area contributed by atoms with Gasteiger partial charge >= 0.3 is 0 Å². The average Bonchev–Trinajstić information content (AvgIpc) is 2.94. The third kappa shape index (κ3) is 5.10. The maximum atomic E-state index is 9.01. The van der Waals surface area contributed by atoms with Crippen LogP contribution in [-0.2, 0) is 6.61 Å². The fourth-order valence-electron chi connectivity index (χ4n) is 4.12. The van der Waals surface area contributed by atoms with Gasteiger partial charge in [0.05, 0.1) is 17.3 Å². The van der Waals surface area contributed by atoms with E-state index in [1.54, 1.807) is 6.07 Å². The third-order valence-electron chi connectivity index (χ3n) is 6.11. The van der Waals surface area contributed by atoms with Gasteiger partial charge in [0.25, 0.3) is 0 Å². The van der Waals surface area contributed by atoms with Gasteiger partial charge in [-0.15, -0.1) is 0 Å². The quantitative estimate of drug-likeness (QED) is 0.245. The molecule has 0 saturated heterocycles. The first kappa shape index (κ1) is 23.2. The minimum atomic E-state index is 0.386. The Balaban J connectivity index is 1.33. The van der Waals surface area contributed by atoms with Gasteiger partial charge in [-0.3, -0.25) is 0 Å². The van der Waals surface area contributed by atoms with Crippen molar-refractivity contribution in [2.45, 2.75) is 6.61 Å². The van der Waals surface area contributed by atoms with Crippen LogP contribution in [0.5, 0.6) is 5.75 Å². The van der Waals surface area contributed by atoms with Gasteiger partial charge < -0.3 is 10.5 Å². The first-order valence-electron chi connectivity index (χ1n) is 11.6. The third-order valence-corrected chi connectivity index (χ3v) is 6.32. The van der Waals surface area contributed by atoms with E-state index in [4.69, 9.17) is 27.3 Å². The molecule has 5 aromatic rings. The van der Waals surface area contributed by atoms with E-state index in [2.05, 4.69) is 42.5 Å². The number of benzene rings is 5. The lowest BCUT2D eigenvalue weighted by atomic mass is 9.98. The Kier molecular flexibility index (Phi) is 6.71. The number of hydrogen-bond donors (Lipinski definition) is 1. The molecule has 0 radical (unpaired) electrons. The van der Waals surface area contributed by atoms with Crippen molar-refractivity contribution in [3.63, 3.8) is 0 Å². The van der Waals surface area contributed by atoms with Crippen LogP contribution in [-0.4, -0.2) is 0 Å². The Morgan fingerprint density at radius 1 is 0.667 bits per heavy atom. The lowest BCUT2D eigenvalue weighted by molar-refractivity contribution is 0.308. The van der Waals surface area contributed by atoms with Crippen molar-refractivity contribution >= 4 is 17.3 Å². The summed E-state index contributed by atoms with van der Waals surface area (Å²) in [6.45, 7) is 0.386. The average molecular weight is 487 g/mol. The summed E-state index contributed by atoms with van der Waals surface area (Å²) in [6.07, 6.45) is 0. The van der Waals surface area contributed by atoms with Gasteiger partial charge in [-0.05, 0) is 51.6 Å². The number of ether oxygens (including phenoxy) is 1. The molecule has 2 N–H and O–H groups in total. The van der Waals surface area contributed by atoms with Crippen LogP contribution < -0.4 is 10.5 Å². The normalized spacial score (nSPS) is 10.6. The first-order valence-corrected chi connectivity index (χ1v) is 12.0. The molecule has 0 aliphatic heterocycles. The zero-order chi connectivity index (χ0) is 24.9. The molecule has 5 rings (SSSR count). The Morgan fingerprint density at radius 2 is 1.19 bits per heavy atom. The Hall–Kier alpha value is -4.52. The summed E-state index contributed by atoms with van der Waals surface area (Å²) < 4.78 is 6.09. The van der Waals surface area contributed by atoms with Crippen LogP contribution in [0.1, 0.15) is 11.1 Å². The van der Waals surface area contributed by atoms with Crippen LogP contribution in [0.2, 0.25) is 5.02 Å². The summed E-state index contributed by atoms with van der Waals surface area (Å²) in [5, 5.41) is 9.57. The highest BCUT2D eigenvalue weighted by Gasteiger charge is 2.12. The van der Waals surface area contributed by atoms with Gasteiger partial charge in [-0.1, -0.05) is 103 Å². The highest BCUT2D eigenvalue weighted by atomic mass is 35.5. The Morgan fingerprint density at radius 3 is 1.81 bits per heavy atom. The molecule has 0 atom stereocenters. The van der Waals surface area contributed by atoms with Crippen molar-refractivity contribution in [2.75, 3.05) is 5.73 Å². The Labute approximate surface area is 216 Å². The molecule has 36 heavy (non-hydrogen) atoms. The zero-order valence-electron chi connectivity index (χ0n) is 19.5. The summed E-state index contributed by atoms with van der Waals surface area (Å²) in [4.78, 5) is 0. The van der Waals surface area contributed by atoms with E-state index in [0.717, 1.165) is 33.4 Å². The molecule has 0 amide bonds. The molecule has 0 bridgehead atoms. The van der Waals surface area contributed by atoms with E-state index < -0.39 is 0 Å². The van der Waals surface area contributed by atoms with Crippen molar-refractivity contribution in [2.24, 2.45) is 0 Å². The van der Waals surface area contributed by atoms with Crippen molar-refractivity contribution in [3.05, 3.63) is 131 Å². The second-order valence-corrected chi connectivity index (χ2v) is 8.92. The molecule has 0 spiro atoms. The summed E-state index contributed by atoms with van der Waals surface area (Å²) in [6, 6.07) is 40.0. The number of nitriles is 1. The molecule has 0 aromatic heterocycles. The van der Waals surface area contributed by atoms with Crippen LogP contribution >= 0.6 is 11.6 Å². The monoisotopic (exact) mass is 486 g/mol. The summed E-state index contributed by atoms with van der Waals surface area (Å²) >= 11 is 6.44. The fourth-order valence-corrected chi connectivity index (χ4v) is 4.32. The molecule has 0 aliphatic carbocycles. The number of rotatable bonds is 6. The number of hydrogen-bond acceptors (Lipinski definition) is 3. The predicted molar refractivity (Wildman–Crippen MR) is 148 cm³/mol. The van der Waals surface area contributed by atoms with Gasteiger partial charge in [0.15, 0.2) is 0 Å². The van der Waals surface area contributed by atoms with E-state index in [-0.39, 0.29) is 0 Å². The first-order chi connectivity index (χ1) is 17.6. The van der Waals surface area contributed by atoms with Crippen LogP contribution in [0.4, 0.5) is 5.69 Å². The van der Waals surface area contributed by atoms with Gasteiger partial charge in [-0.25, -0.2) is 0 Å². The summed E-state index contributed by atoms with van der Waals surface area (Å²) in [7, 11) is 0. The highest BCUT2D eigenvalue weighted by molar-refractivity contribution is 6.31. The fraction of sp³-hybridized carbons (Fsp3) is 0.0312. The van der Waals surface area contributed by atoms with Crippen LogP contribution in [0.15, 0.2) is 115 Å². The predicted octanol–water partition coefficient (Wildman–Crippen LogP) is 8.37. The maximum absolute atomic E-state index is 9.01. The van der Waals surface area contributed by atoms with Crippen molar-refractivity contribution in [3.8, 4) is 45.2 Å². The van der Waals surface area contributed by atoms with Crippen molar-refractivity contribution in [1.29, 1.82) is 5.26 Å². The molecule has 0 saturated carbocycles. The Bertz CT molecular complexity index is 1520. The van der Waals surface area contributed by atoms with Crippen LogP contribution in [0.25, 0.3) is 33.4 Å². The van der Waals surface area contributed by atoms with E-state index >= 15 is 0 Å². The van der Waals surface area contributed by atoms with Gasteiger partial charge in [0.2, 0.25) is 0 Å². The molecule has 0 unspecified atom stereocenters. The summed E-state index contributed by atoms with van der Waals surface area (Å²) in [5.74, 6) is 0.556. The highest BCUT2D eigenvalue weighted by Crippen LogP contribution is 2.38. The molecule has 0 heterocycles. The van der Waals surface area contributed by atoms with Gasteiger partial charge in [0.1, 0.15) is 12.4 Å². The molecule has 5 aromatic carbocycles. The number of halogens is 1. The molecule has 0 fully saturated rings. The van der Waals surface area contributed by atoms with Gasteiger partial charge in [-0.2, -0.15) is 5.26 Å². The largest absolute Gasteiger partial charge is 0.487 e. The van der Waals surface area contributed by atoms with Gasteiger partial charge in [0, 0.05) is 16.7 Å². The number of nitrogens with zero attached hydrogens (tertiary/aromatic N) is 1. The molecule has 4 heteroatoms. The molecular weight excluding hydrogens is 464 g/mol. The number of nitrogen functional groups attached to an aromatic ring is 1. The zero-order valence-corrected chi connectivity index (χ0v) is 20.2. The van der Waals surface area contributed by atoms with Crippen LogP contribution in [0, 0.1) is 11.3 Å². The van der Waals surface area contributed by atoms with Crippen LogP contribution in [0.3, 0.4) is 0 Å².